The minimum absolute atomic E-state index is 0.582. The van der Waals surface area contributed by atoms with Crippen molar-refractivity contribution in [2.75, 3.05) is 0 Å². The van der Waals surface area contributed by atoms with Crippen molar-refractivity contribution in [3.63, 3.8) is 0 Å². The van der Waals surface area contributed by atoms with Crippen LogP contribution in [0.25, 0.3) is 167 Å². The van der Waals surface area contributed by atoms with Gasteiger partial charge in [-0.2, -0.15) is 19.9 Å². The van der Waals surface area contributed by atoms with Crippen molar-refractivity contribution in [2.24, 2.45) is 0 Å². The third kappa shape index (κ3) is 9.19. The number of hydrogen-bond donors (Lipinski definition) is 0. The Kier molecular flexibility index (Phi) is 13.0. The molecule has 10 nitrogen and oxygen atoms in total. The molecule has 19 rings (SSSR count). The van der Waals surface area contributed by atoms with Gasteiger partial charge in [0.2, 0.25) is 11.9 Å². The minimum atomic E-state index is 0.582. The van der Waals surface area contributed by atoms with Gasteiger partial charge in [0, 0.05) is 76.7 Å². The van der Waals surface area contributed by atoms with Gasteiger partial charge < -0.3 is 9.13 Å². The summed E-state index contributed by atoms with van der Waals surface area (Å²) in [5, 5.41) is 9.35. The standard InChI is InChI=1S/C45H29N5.C39H25N5/c1-4-14-30(15-5-1)31-24-26-33(27-25-31)44-46-43(32-16-6-2-7-17-32)47-45(48-44)50-40-23-13-11-21-36(40)38-28-41-37(29-42(38)50)35-20-10-12-22-39(35)49(41)34-18-8-3-9-19-34;1-4-14-26(15-5-1)37-40-38(27-16-6-2-7-17-27)42-39(41-37)44-34-23-13-11-21-30(34)32-24-35-31(25-36(32)44)29-20-10-12-22-33(29)43(35)28-18-8-3-9-19-28/h1-29H;1-25H. The highest BCUT2D eigenvalue weighted by Crippen LogP contribution is 2.42. The Morgan fingerprint density at radius 1 is 0.160 bits per heavy atom. The zero-order valence-electron chi connectivity index (χ0n) is 50.6. The normalized spacial score (nSPS) is 11.6. The highest BCUT2D eigenvalue weighted by Gasteiger charge is 2.24. The van der Waals surface area contributed by atoms with Gasteiger partial charge in [-0.05, 0) is 83.9 Å². The first-order valence-corrected chi connectivity index (χ1v) is 31.5. The highest BCUT2D eigenvalue weighted by atomic mass is 15.2. The molecular formula is C84H54N10. The molecule has 440 valence electrons. The Morgan fingerprint density at radius 2 is 0.383 bits per heavy atom. The Bertz CT molecular complexity index is 6000. The average molecular weight is 1200 g/mol. The molecule has 0 atom stereocenters. The lowest BCUT2D eigenvalue weighted by Crippen LogP contribution is -2.06. The van der Waals surface area contributed by atoms with E-state index >= 15 is 0 Å². The zero-order valence-corrected chi connectivity index (χ0v) is 50.6. The molecule has 6 heterocycles. The lowest BCUT2D eigenvalue weighted by atomic mass is 10.0. The fourth-order valence-electron chi connectivity index (χ4n) is 13.7. The molecule has 0 unspecified atom stereocenters. The molecule has 0 bridgehead atoms. The Morgan fingerprint density at radius 3 is 0.702 bits per heavy atom. The van der Waals surface area contributed by atoms with E-state index in [1.165, 1.54) is 43.7 Å². The second-order valence-electron chi connectivity index (χ2n) is 23.5. The van der Waals surface area contributed by atoms with Gasteiger partial charge in [-0.25, -0.2) is 9.97 Å². The molecule has 13 aromatic carbocycles. The maximum Gasteiger partial charge on any atom is 0.238 e. The predicted molar refractivity (Wildman–Crippen MR) is 384 cm³/mol. The van der Waals surface area contributed by atoms with Gasteiger partial charge >= 0.3 is 0 Å². The van der Waals surface area contributed by atoms with Crippen molar-refractivity contribution in [1.82, 2.24) is 48.2 Å². The predicted octanol–water partition coefficient (Wildman–Crippen LogP) is 20.5. The van der Waals surface area contributed by atoms with Crippen LogP contribution in [0.2, 0.25) is 0 Å². The third-order valence-electron chi connectivity index (χ3n) is 18.0. The van der Waals surface area contributed by atoms with Gasteiger partial charge in [0.1, 0.15) is 0 Å². The number of para-hydroxylation sites is 6. The van der Waals surface area contributed by atoms with Crippen LogP contribution < -0.4 is 0 Å². The van der Waals surface area contributed by atoms with Crippen molar-refractivity contribution in [1.29, 1.82) is 0 Å². The summed E-state index contributed by atoms with van der Waals surface area (Å²) in [5.41, 5.74) is 17.2. The number of aromatic nitrogens is 10. The maximum absolute atomic E-state index is 5.21. The summed E-state index contributed by atoms with van der Waals surface area (Å²) in [7, 11) is 0. The van der Waals surface area contributed by atoms with Gasteiger partial charge in [0.05, 0.1) is 44.1 Å². The molecule has 0 saturated carbocycles. The maximum atomic E-state index is 5.21. The van der Waals surface area contributed by atoms with E-state index in [2.05, 4.69) is 261 Å². The third-order valence-corrected chi connectivity index (χ3v) is 18.0. The van der Waals surface area contributed by atoms with Crippen molar-refractivity contribution in [3.05, 3.63) is 328 Å². The van der Waals surface area contributed by atoms with Crippen LogP contribution in [0.4, 0.5) is 0 Å². The summed E-state index contributed by atoms with van der Waals surface area (Å²) in [4.78, 5) is 30.5. The molecule has 10 heteroatoms. The molecule has 19 aromatic rings. The Balaban J connectivity index is 0.000000139. The van der Waals surface area contributed by atoms with Crippen LogP contribution in [-0.4, -0.2) is 48.2 Å². The molecule has 0 aliphatic carbocycles. The van der Waals surface area contributed by atoms with Crippen LogP contribution in [0.3, 0.4) is 0 Å². The van der Waals surface area contributed by atoms with Crippen LogP contribution >= 0.6 is 0 Å². The second-order valence-corrected chi connectivity index (χ2v) is 23.5. The van der Waals surface area contributed by atoms with E-state index in [-0.39, 0.29) is 0 Å². The van der Waals surface area contributed by atoms with E-state index in [0.717, 1.165) is 88.3 Å². The fourth-order valence-corrected chi connectivity index (χ4v) is 13.7. The molecule has 0 radical (unpaired) electrons. The summed E-state index contributed by atoms with van der Waals surface area (Å²) in [6, 6.07) is 114. The summed E-state index contributed by atoms with van der Waals surface area (Å²) in [6.45, 7) is 0. The minimum Gasteiger partial charge on any atom is -0.309 e. The van der Waals surface area contributed by atoms with Gasteiger partial charge in [0.15, 0.2) is 23.3 Å². The molecule has 0 amide bonds. The summed E-state index contributed by atoms with van der Waals surface area (Å²) < 4.78 is 9.12. The largest absolute Gasteiger partial charge is 0.309 e. The molecule has 6 aromatic heterocycles. The molecule has 0 saturated heterocycles. The number of fused-ring (bicyclic) bond motifs is 12. The van der Waals surface area contributed by atoms with Gasteiger partial charge in [0.25, 0.3) is 0 Å². The summed E-state index contributed by atoms with van der Waals surface area (Å²) >= 11 is 0. The van der Waals surface area contributed by atoms with E-state index < -0.39 is 0 Å². The molecule has 0 N–H and O–H groups in total. The Labute approximate surface area is 539 Å². The van der Waals surface area contributed by atoms with E-state index in [4.69, 9.17) is 29.9 Å². The lowest BCUT2D eigenvalue weighted by molar-refractivity contribution is 0.953. The number of hydrogen-bond acceptors (Lipinski definition) is 6. The molecule has 0 aliphatic rings. The first kappa shape index (κ1) is 54.1. The highest BCUT2D eigenvalue weighted by molar-refractivity contribution is 6.20. The second kappa shape index (κ2) is 22.5. The van der Waals surface area contributed by atoms with Crippen LogP contribution in [0.15, 0.2) is 328 Å². The molecule has 0 aliphatic heterocycles. The zero-order chi connectivity index (χ0) is 62.1. The molecular weight excluding hydrogens is 1150 g/mol. The number of rotatable bonds is 9. The van der Waals surface area contributed by atoms with Crippen molar-refractivity contribution < 1.29 is 0 Å². The molecule has 0 fully saturated rings. The summed E-state index contributed by atoms with van der Waals surface area (Å²) in [5.74, 6) is 3.71. The SMILES string of the molecule is c1ccc(-c2ccc(-c3nc(-c4ccccc4)nc(-n4c5ccccc5c5cc6c(cc54)c4ccccc4n6-c4ccccc4)n3)cc2)cc1.c1ccc(-c2nc(-c3ccccc3)nc(-n3c4ccccc4c4cc5c(cc43)c3ccccc3n5-c3ccccc3)n2)cc1. The monoisotopic (exact) mass is 1200 g/mol. The first-order chi connectivity index (χ1) is 46.6. The van der Waals surface area contributed by atoms with Gasteiger partial charge in [-0.3, -0.25) is 9.13 Å². The van der Waals surface area contributed by atoms with Crippen LogP contribution in [-0.2, 0) is 0 Å². The van der Waals surface area contributed by atoms with Gasteiger partial charge in [-0.1, -0.05) is 255 Å². The molecule has 0 spiro atoms. The van der Waals surface area contributed by atoms with E-state index in [1.807, 2.05) is 84.9 Å². The Hall–Kier alpha value is -12.9. The van der Waals surface area contributed by atoms with E-state index in [1.54, 1.807) is 0 Å². The lowest BCUT2D eigenvalue weighted by Gasteiger charge is -2.11. The van der Waals surface area contributed by atoms with Crippen molar-refractivity contribution in [2.45, 2.75) is 0 Å². The number of nitrogens with zero attached hydrogens (tertiary/aromatic N) is 10. The van der Waals surface area contributed by atoms with Crippen molar-refractivity contribution >= 4 is 87.2 Å². The average Bonchev–Trinajstić information content (AvgIpc) is 1.57. The first-order valence-electron chi connectivity index (χ1n) is 31.5. The number of benzene rings is 13. The van der Waals surface area contributed by atoms with Crippen LogP contribution in [0.1, 0.15) is 0 Å². The quantitative estimate of drug-likeness (QED) is 0.143. The fraction of sp³-hybridized carbons (Fsp3) is 0. The summed E-state index contributed by atoms with van der Waals surface area (Å²) in [6.07, 6.45) is 0. The topological polar surface area (TPSA) is 97.1 Å². The van der Waals surface area contributed by atoms with E-state index in [9.17, 15) is 0 Å². The van der Waals surface area contributed by atoms with E-state index in [0.29, 0.717) is 35.2 Å². The smallest absolute Gasteiger partial charge is 0.238 e. The molecule has 94 heavy (non-hydrogen) atoms. The van der Waals surface area contributed by atoms with Crippen molar-refractivity contribution in [3.8, 4) is 79.9 Å². The van der Waals surface area contributed by atoms with Gasteiger partial charge in [-0.15, -0.1) is 0 Å². The van der Waals surface area contributed by atoms with Crippen LogP contribution in [0, 0.1) is 0 Å². The van der Waals surface area contributed by atoms with Crippen LogP contribution in [0.5, 0.6) is 0 Å².